The lowest BCUT2D eigenvalue weighted by molar-refractivity contribution is -0.0218. The van der Waals surface area contributed by atoms with Crippen LogP contribution in [0.4, 0.5) is 0 Å². The van der Waals surface area contributed by atoms with Gasteiger partial charge in [-0.3, -0.25) is 0 Å². The highest BCUT2D eigenvalue weighted by Gasteiger charge is 2.58. The van der Waals surface area contributed by atoms with E-state index >= 15 is 0 Å². The summed E-state index contributed by atoms with van der Waals surface area (Å²) in [4.78, 5) is 0. The highest BCUT2D eigenvalue weighted by molar-refractivity contribution is 5.51. The molecule has 10 rings (SSSR count). The van der Waals surface area contributed by atoms with E-state index in [1.807, 2.05) is 0 Å². The van der Waals surface area contributed by atoms with Crippen molar-refractivity contribution in [2.45, 2.75) is 141 Å². The topological polar surface area (TPSA) is 21.8 Å². The van der Waals surface area contributed by atoms with Crippen molar-refractivity contribution >= 4 is 0 Å². The average molecular weight is 531 g/mol. The van der Waals surface area contributed by atoms with Crippen LogP contribution in [0.5, 0.6) is 5.75 Å². The van der Waals surface area contributed by atoms with E-state index < -0.39 is 0 Å². The van der Waals surface area contributed by atoms with Crippen LogP contribution in [0, 0.1) is 46.3 Å². The van der Waals surface area contributed by atoms with Gasteiger partial charge in [0.1, 0.15) is 18.0 Å². The van der Waals surface area contributed by atoms with Gasteiger partial charge in [0, 0.05) is 16.4 Å². The standard InChI is InChI=1S/C37H54O2/c1-34(2,3)22-35(4,5)33(31-21-38-31)39-30-8-6-7-29(36-15-23-9-24(16-36)11-25(10-23)17-36)32(30)37-18-26-12-27(19-37)14-28(13-26)20-37/h6-8,23-28,31,33H,9-22H2,1-5H3. The van der Waals surface area contributed by atoms with E-state index in [-0.39, 0.29) is 23.0 Å². The second kappa shape index (κ2) is 8.52. The Bertz CT molecular complexity index is 1050. The van der Waals surface area contributed by atoms with Crippen LogP contribution in [0.1, 0.15) is 129 Å². The third-order valence-electron chi connectivity index (χ3n) is 12.9. The Kier molecular flexibility index (Phi) is 5.61. The summed E-state index contributed by atoms with van der Waals surface area (Å²) >= 11 is 0. The highest BCUT2D eigenvalue weighted by Crippen LogP contribution is 2.67. The van der Waals surface area contributed by atoms with Gasteiger partial charge in [-0.25, -0.2) is 0 Å². The van der Waals surface area contributed by atoms with Crippen LogP contribution in [0.25, 0.3) is 0 Å². The second-order valence-corrected chi connectivity index (χ2v) is 18.2. The summed E-state index contributed by atoms with van der Waals surface area (Å²) in [7, 11) is 0. The molecule has 0 spiro atoms. The van der Waals surface area contributed by atoms with Crippen LogP contribution >= 0.6 is 0 Å². The molecule has 0 amide bonds. The molecule has 1 aromatic rings. The first kappa shape index (κ1) is 25.7. The van der Waals surface area contributed by atoms with Crippen molar-refractivity contribution in [3.8, 4) is 5.75 Å². The molecule has 1 aromatic carbocycles. The zero-order chi connectivity index (χ0) is 26.8. The van der Waals surface area contributed by atoms with E-state index in [1.54, 1.807) is 11.1 Å². The fourth-order valence-corrected chi connectivity index (χ4v) is 13.0. The monoisotopic (exact) mass is 530 g/mol. The van der Waals surface area contributed by atoms with Crippen molar-refractivity contribution in [1.29, 1.82) is 0 Å². The molecule has 9 aliphatic rings. The van der Waals surface area contributed by atoms with Crippen LogP contribution in [0.3, 0.4) is 0 Å². The normalized spacial score (nSPS) is 44.6. The van der Waals surface area contributed by atoms with Gasteiger partial charge in [-0.1, -0.05) is 46.8 Å². The minimum absolute atomic E-state index is 0.0643. The van der Waals surface area contributed by atoms with Crippen molar-refractivity contribution in [3.63, 3.8) is 0 Å². The SMILES string of the molecule is CC(C)(C)CC(C)(C)C(Oc1cccc(C23CC4CC(CC(C4)C2)C3)c1C12CC3CC(CC(C3)C1)C2)C1CO1. The smallest absolute Gasteiger partial charge is 0.132 e. The minimum atomic E-state index is 0.0643. The lowest BCUT2D eigenvalue weighted by atomic mass is 9.44. The van der Waals surface area contributed by atoms with Crippen molar-refractivity contribution in [1.82, 2.24) is 0 Å². The molecule has 0 aromatic heterocycles. The summed E-state index contributed by atoms with van der Waals surface area (Å²) in [6.07, 6.45) is 19.2. The van der Waals surface area contributed by atoms with Gasteiger partial charge in [0.05, 0.1) is 6.61 Å². The molecule has 2 nitrogen and oxygen atoms in total. The fraction of sp³-hybridized carbons (Fsp3) is 0.838. The Morgan fingerprint density at radius 2 is 1.21 bits per heavy atom. The maximum absolute atomic E-state index is 7.45. The molecule has 0 N–H and O–H groups in total. The molecule has 9 fully saturated rings. The van der Waals surface area contributed by atoms with E-state index in [4.69, 9.17) is 9.47 Å². The van der Waals surface area contributed by atoms with Crippen LogP contribution in [0.15, 0.2) is 18.2 Å². The summed E-state index contributed by atoms with van der Waals surface area (Å²) < 4.78 is 13.5. The molecule has 2 unspecified atom stereocenters. The number of ether oxygens (including phenoxy) is 2. The Balaban J connectivity index is 1.25. The average Bonchev–Trinajstić information content (AvgIpc) is 3.64. The summed E-state index contributed by atoms with van der Waals surface area (Å²) in [6, 6.07) is 7.42. The van der Waals surface area contributed by atoms with E-state index in [1.165, 1.54) is 82.8 Å². The summed E-state index contributed by atoms with van der Waals surface area (Å²) in [5, 5.41) is 0. The Morgan fingerprint density at radius 3 is 1.64 bits per heavy atom. The van der Waals surface area contributed by atoms with Crippen molar-refractivity contribution in [2.75, 3.05) is 6.61 Å². The molecule has 2 atom stereocenters. The molecule has 214 valence electrons. The Labute approximate surface area is 238 Å². The third-order valence-corrected chi connectivity index (χ3v) is 12.9. The number of rotatable bonds is 7. The lowest BCUT2D eigenvalue weighted by Gasteiger charge is -2.61. The first-order chi connectivity index (χ1) is 18.5. The quantitative estimate of drug-likeness (QED) is 0.328. The first-order valence-corrected chi connectivity index (χ1v) is 16.9. The van der Waals surface area contributed by atoms with Crippen molar-refractivity contribution in [2.24, 2.45) is 46.3 Å². The van der Waals surface area contributed by atoms with E-state index in [9.17, 15) is 0 Å². The summed E-state index contributed by atoms with van der Waals surface area (Å²) in [5.74, 6) is 7.05. The maximum Gasteiger partial charge on any atom is 0.132 e. The molecule has 8 aliphatic carbocycles. The van der Waals surface area contributed by atoms with Crippen LogP contribution in [-0.2, 0) is 15.6 Å². The van der Waals surface area contributed by atoms with E-state index in [0.717, 1.165) is 48.5 Å². The predicted octanol–water partition coefficient (Wildman–Crippen LogP) is 9.23. The molecule has 8 saturated carbocycles. The first-order valence-electron chi connectivity index (χ1n) is 16.9. The Hall–Kier alpha value is -1.02. The molecule has 39 heavy (non-hydrogen) atoms. The molecule has 1 heterocycles. The lowest BCUT2D eigenvalue weighted by Crippen LogP contribution is -2.52. The Morgan fingerprint density at radius 1 is 0.744 bits per heavy atom. The third kappa shape index (κ3) is 4.35. The zero-order valence-electron chi connectivity index (χ0n) is 25.6. The van der Waals surface area contributed by atoms with Crippen LogP contribution < -0.4 is 4.74 Å². The minimum Gasteiger partial charge on any atom is -0.487 e. The predicted molar refractivity (Wildman–Crippen MR) is 158 cm³/mol. The second-order valence-electron chi connectivity index (χ2n) is 18.2. The molecule has 0 radical (unpaired) electrons. The van der Waals surface area contributed by atoms with Gasteiger partial charge in [-0.05, 0) is 141 Å². The number of hydrogen-bond donors (Lipinski definition) is 0. The number of benzene rings is 1. The van der Waals surface area contributed by atoms with Gasteiger partial charge < -0.3 is 9.47 Å². The van der Waals surface area contributed by atoms with E-state index in [2.05, 4.69) is 52.8 Å². The molecule has 1 saturated heterocycles. The van der Waals surface area contributed by atoms with Gasteiger partial charge in [0.25, 0.3) is 0 Å². The largest absolute Gasteiger partial charge is 0.487 e. The molecule has 2 heteroatoms. The van der Waals surface area contributed by atoms with Crippen LogP contribution in [0.2, 0.25) is 0 Å². The molecular formula is C37H54O2. The zero-order valence-corrected chi connectivity index (χ0v) is 25.6. The van der Waals surface area contributed by atoms with Crippen molar-refractivity contribution in [3.05, 3.63) is 29.3 Å². The number of hydrogen-bond acceptors (Lipinski definition) is 2. The van der Waals surface area contributed by atoms with E-state index in [0.29, 0.717) is 10.8 Å². The number of epoxide rings is 1. The summed E-state index contributed by atoms with van der Waals surface area (Å²) in [6.45, 7) is 12.9. The molecule has 1 aliphatic heterocycles. The maximum atomic E-state index is 7.45. The molecular weight excluding hydrogens is 476 g/mol. The van der Waals surface area contributed by atoms with Gasteiger partial charge in [0.2, 0.25) is 0 Å². The van der Waals surface area contributed by atoms with Crippen LogP contribution in [-0.4, -0.2) is 18.8 Å². The van der Waals surface area contributed by atoms with Gasteiger partial charge >= 0.3 is 0 Å². The van der Waals surface area contributed by atoms with Gasteiger partial charge in [-0.15, -0.1) is 0 Å². The van der Waals surface area contributed by atoms with Gasteiger partial charge in [-0.2, -0.15) is 0 Å². The van der Waals surface area contributed by atoms with Crippen molar-refractivity contribution < 1.29 is 9.47 Å². The fourth-order valence-electron chi connectivity index (χ4n) is 13.0. The highest BCUT2D eigenvalue weighted by atomic mass is 16.6. The van der Waals surface area contributed by atoms with Gasteiger partial charge in [0.15, 0.2) is 0 Å². The summed E-state index contributed by atoms with van der Waals surface area (Å²) in [5.41, 5.74) is 4.60. The molecule has 8 bridgehead atoms.